The minimum atomic E-state index is 0.637. The number of rotatable bonds is 3. The third-order valence-corrected chi connectivity index (χ3v) is 2.54. The van der Waals surface area contributed by atoms with Crippen LogP contribution in [0.2, 0.25) is 0 Å². The summed E-state index contributed by atoms with van der Waals surface area (Å²) in [5.41, 5.74) is 7.75. The topological polar surface area (TPSA) is 57.0 Å². The third-order valence-electron chi connectivity index (χ3n) is 2.54. The number of furan rings is 1. The van der Waals surface area contributed by atoms with Gasteiger partial charge in [0.15, 0.2) is 11.6 Å². The maximum Gasteiger partial charge on any atom is 0.176 e. The zero-order chi connectivity index (χ0) is 10.8. The SMILES string of the molecule is Cc1nc(-c2ccco2)n(C)c1CCN. The van der Waals surface area contributed by atoms with E-state index in [1.54, 1.807) is 6.26 Å². The lowest BCUT2D eigenvalue weighted by Crippen LogP contribution is -2.08. The van der Waals surface area contributed by atoms with Gasteiger partial charge in [-0.05, 0) is 25.6 Å². The van der Waals surface area contributed by atoms with Gasteiger partial charge in [0.05, 0.1) is 12.0 Å². The highest BCUT2D eigenvalue weighted by molar-refractivity contribution is 5.49. The number of imidazole rings is 1. The van der Waals surface area contributed by atoms with Gasteiger partial charge in [0.25, 0.3) is 0 Å². The van der Waals surface area contributed by atoms with Gasteiger partial charge in [0.1, 0.15) is 0 Å². The molecule has 0 saturated carbocycles. The Morgan fingerprint density at radius 3 is 2.93 bits per heavy atom. The van der Waals surface area contributed by atoms with Crippen molar-refractivity contribution in [2.45, 2.75) is 13.3 Å². The maximum absolute atomic E-state index is 5.56. The molecule has 0 aliphatic carbocycles. The van der Waals surface area contributed by atoms with Crippen molar-refractivity contribution in [1.29, 1.82) is 0 Å². The van der Waals surface area contributed by atoms with Gasteiger partial charge < -0.3 is 14.7 Å². The molecular formula is C11H15N3O. The molecule has 0 saturated heterocycles. The van der Waals surface area contributed by atoms with Crippen molar-refractivity contribution >= 4 is 0 Å². The van der Waals surface area contributed by atoms with E-state index >= 15 is 0 Å². The fourth-order valence-corrected chi connectivity index (χ4v) is 1.78. The van der Waals surface area contributed by atoms with Gasteiger partial charge in [-0.2, -0.15) is 0 Å². The summed E-state index contributed by atoms with van der Waals surface area (Å²) in [7, 11) is 1.99. The van der Waals surface area contributed by atoms with Crippen molar-refractivity contribution in [3.05, 3.63) is 29.8 Å². The first-order valence-electron chi connectivity index (χ1n) is 5.00. The molecule has 0 aromatic carbocycles. The first-order chi connectivity index (χ1) is 7.24. The summed E-state index contributed by atoms with van der Waals surface area (Å²) in [5, 5.41) is 0. The van der Waals surface area contributed by atoms with Gasteiger partial charge in [0, 0.05) is 19.2 Å². The Morgan fingerprint density at radius 1 is 1.53 bits per heavy atom. The molecule has 80 valence electrons. The van der Waals surface area contributed by atoms with E-state index in [0.717, 1.165) is 23.7 Å². The lowest BCUT2D eigenvalue weighted by atomic mass is 10.2. The summed E-state index contributed by atoms with van der Waals surface area (Å²) in [6.45, 7) is 2.63. The predicted molar refractivity (Wildman–Crippen MR) is 58.4 cm³/mol. The van der Waals surface area contributed by atoms with Gasteiger partial charge in [-0.3, -0.25) is 0 Å². The molecule has 4 nitrogen and oxygen atoms in total. The van der Waals surface area contributed by atoms with E-state index in [4.69, 9.17) is 10.2 Å². The Bertz CT molecular complexity index is 443. The van der Waals surface area contributed by atoms with Crippen LogP contribution in [0.3, 0.4) is 0 Å². The van der Waals surface area contributed by atoms with E-state index < -0.39 is 0 Å². The minimum Gasteiger partial charge on any atom is -0.461 e. The largest absolute Gasteiger partial charge is 0.461 e. The number of nitrogens with two attached hydrogens (primary N) is 1. The van der Waals surface area contributed by atoms with Gasteiger partial charge in [0.2, 0.25) is 0 Å². The first-order valence-corrected chi connectivity index (χ1v) is 5.00. The molecule has 4 heteroatoms. The van der Waals surface area contributed by atoms with Crippen LogP contribution >= 0.6 is 0 Å². The molecule has 0 amide bonds. The minimum absolute atomic E-state index is 0.637. The summed E-state index contributed by atoms with van der Waals surface area (Å²) in [4.78, 5) is 4.48. The molecule has 0 atom stereocenters. The van der Waals surface area contributed by atoms with Crippen molar-refractivity contribution in [3.8, 4) is 11.6 Å². The highest BCUT2D eigenvalue weighted by atomic mass is 16.3. The Morgan fingerprint density at radius 2 is 2.33 bits per heavy atom. The van der Waals surface area contributed by atoms with Crippen LogP contribution in [0.4, 0.5) is 0 Å². The zero-order valence-corrected chi connectivity index (χ0v) is 9.03. The summed E-state index contributed by atoms with van der Waals surface area (Å²) >= 11 is 0. The molecule has 0 unspecified atom stereocenters. The molecule has 2 N–H and O–H groups in total. The zero-order valence-electron chi connectivity index (χ0n) is 9.03. The smallest absolute Gasteiger partial charge is 0.176 e. The summed E-state index contributed by atoms with van der Waals surface area (Å²) in [6.07, 6.45) is 2.50. The molecule has 15 heavy (non-hydrogen) atoms. The Labute approximate surface area is 88.7 Å². The Kier molecular flexibility index (Phi) is 2.60. The van der Waals surface area contributed by atoms with E-state index in [1.165, 1.54) is 5.69 Å². The van der Waals surface area contributed by atoms with Crippen molar-refractivity contribution in [1.82, 2.24) is 9.55 Å². The summed E-state index contributed by atoms with van der Waals surface area (Å²) in [5.74, 6) is 1.66. The number of aromatic nitrogens is 2. The number of aryl methyl sites for hydroxylation is 1. The molecular weight excluding hydrogens is 190 g/mol. The number of hydrogen-bond donors (Lipinski definition) is 1. The Hall–Kier alpha value is -1.55. The third kappa shape index (κ3) is 1.68. The van der Waals surface area contributed by atoms with Gasteiger partial charge in [-0.25, -0.2) is 4.98 Å². The second-order valence-electron chi connectivity index (χ2n) is 3.54. The molecule has 0 aliphatic heterocycles. The van der Waals surface area contributed by atoms with Crippen molar-refractivity contribution in [2.75, 3.05) is 6.54 Å². The second-order valence-corrected chi connectivity index (χ2v) is 3.54. The molecule has 2 rings (SSSR count). The maximum atomic E-state index is 5.56. The van der Waals surface area contributed by atoms with Crippen LogP contribution in [0.1, 0.15) is 11.4 Å². The highest BCUT2D eigenvalue weighted by Crippen LogP contribution is 2.21. The van der Waals surface area contributed by atoms with E-state index in [0.29, 0.717) is 6.54 Å². The molecule has 2 heterocycles. The quantitative estimate of drug-likeness (QED) is 0.825. The van der Waals surface area contributed by atoms with Gasteiger partial charge in [-0.1, -0.05) is 0 Å². The standard InChI is InChI=1S/C11H15N3O/c1-8-9(5-6-12)14(2)11(13-8)10-4-3-7-15-10/h3-4,7H,5-6,12H2,1-2H3. The molecule has 0 bridgehead atoms. The van der Waals surface area contributed by atoms with Crippen LogP contribution < -0.4 is 5.73 Å². The van der Waals surface area contributed by atoms with E-state index in [1.807, 2.05) is 30.7 Å². The first kappa shape index (κ1) is 9.98. The molecule has 2 aromatic rings. The average molecular weight is 205 g/mol. The summed E-state index contributed by atoms with van der Waals surface area (Å²) in [6, 6.07) is 3.77. The van der Waals surface area contributed by atoms with Crippen LogP contribution in [0.25, 0.3) is 11.6 Å². The average Bonchev–Trinajstić information content (AvgIpc) is 2.81. The van der Waals surface area contributed by atoms with E-state index in [-0.39, 0.29) is 0 Å². The van der Waals surface area contributed by atoms with Crippen molar-refractivity contribution in [2.24, 2.45) is 12.8 Å². The monoisotopic (exact) mass is 205 g/mol. The Balaban J connectivity index is 2.46. The van der Waals surface area contributed by atoms with Crippen molar-refractivity contribution in [3.63, 3.8) is 0 Å². The fraction of sp³-hybridized carbons (Fsp3) is 0.364. The van der Waals surface area contributed by atoms with Crippen LogP contribution in [0.15, 0.2) is 22.8 Å². The molecule has 0 fully saturated rings. The number of hydrogen-bond acceptors (Lipinski definition) is 3. The molecule has 0 radical (unpaired) electrons. The number of nitrogens with zero attached hydrogens (tertiary/aromatic N) is 2. The van der Waals surface area contributed by atoms with E-state index in [9.17, 15) is 0 Å². The fourth-order valence-electron chi connectivity index (χ4n) is 1.78. The van der Waals surface area contributed by atoms with Crippen LogP contribution in [-0.4, -0.2) is 16.1 Å². The molecule has 0 aliphatic rings. The van der Waals surface area contributed by atoms with Crippen LogP contribution in [0.5, 0.6) is 0 Å². The van der Waals surface area contributed by atoms with Crippen LogP contribution in [-0.2, 0) is 13.5 Å². The second kappa shape index (κ2) is 3.90. The lowest BCUT2D eigenvalue weighted by molar-refractivity contribution is 0.573. The van der Waals surface area contributed by atoms with Crippen molar-refractivity contribution < 1.29 is 4.42 Å². The predicted octanol–water partition coefficient (Wildman–Crippen LogP) is 1.49. The summed E-state index contributed by atoms with van der Waals surface area (Å²) < 4.78 is 7.37. The highest BCUT2D eigenvalue weighted by Gasteiger charge is 2.13. The van der Waals surface area contributed by atoms with Gasteiger partial charge in [-0.15, -0.1) is 0 Å². The van der Waals surface area contributed by atoms with Crippen LogP contribution in [0, 0.1) is 6.92 Å². The van der Waals surface area contributed by atoms with E-state index in [2.05, 4.69) is 4.98 Å². The molecule has 0 spiro atoms. The van der Waals surface area contributed by atoms with Gasteiger partial charge >= 0.3 is 0 Å². The normalized spacial score (nSPS) is 10.9. The molecule has 2 aromatic heterocycles. The lowest BCUT2D eigenvalue weighted by Gasteiger charge is -2.03.